The van der Waals surface area contributed by atoms with Gasteiger partial charge in [0.15, 0.2) is 5.16 Å². The van der Waals surface area contributed by atoms with E-state index in [1.165, 1.54) is 36.5 Å². The van der Waals surface area contributed by atoms with Gasteiger partial charge in [0.05, 0.1) is 22.7 Å². The van der Waals surface area contributed by atoms with Crippen LogP contribution in [0.15, 0.2) is 66.1 Å². The van der Waals surface area contributed by atoms with Crippen molar-refractivity contribution in [3.8, 4) is 5.69 Å². The van der Waals surface area contributed by atoms with Crippen LogP contribution in [0.3, 0.4) is 0 Å². The van der Waals surface area contributed by atoms with E-state index >= 15 is 0 Å². The normalized spacial score (nSPS) is 11.4. The van der Waals surface area contributed by atoms with E-state index in [1.54, 1.807) is 22.9 Å². The predicted molar refractivity (Wildman–Crippen MR) is 94.3 cm³/mol. The van der Waals surface area contributed by atoms with Crippen molar-refractivity contribution in [2.75, 3.05) is 11.1 Å². The summed E-state index contributed by atoms with van der Waals surface area (Å²) in [6, 6.07) is 10.6. The standard InChI is InChI=1S/C18H13F4N3OS/c19-12-4-3-5-13(10-12)25-9-8-23-17(25)27-11-16(26)24-15-7-2-1-6-14(15)18(20,21)22/h1-10H,11H2,(H,24,26). The van der Waals surface area contributed by atoms with Crippen LogP contribution in [0.5, 0.6) is 0 Å². The topological polar surface area (TPSA) is 46.9 Å². The molecule has 0 bridgehead atoms. The minimum Gasteiger partial charge on any atom is -0.325 e. The van der Waals surface area contributed by atoms with Crippen molar-refractivity contribution >= 4 is 23.4 Å². The number of carbonyl (C=O) groups excluding carboxylic acids is 1. The molecule has 1 aromatic heterocycles. The Balaban J connectivity index is 1.69. The number of nitrogens with one attached hydrogen (secondary N) is 1. The second-order valence-electron chi connectivity index (χ2n) is 5.44. The molecule has 0 spiro atoms. The molecule has 0 atom stereocenters. The van der Waals surface area contributed by atoms with Gasteiger partial charge in [0.2, 0.25) is 5.91 Å². The van der Waals surface area contributed by atoms with Gasteiger partial charge in [-0.2, -0.15) is 13.2 Å². The highest BCUT2D eigenvalue weighted by atomic mass is 32.2. The first-order chi connectivity index (χ1) is 12.8. The summed E-state index contributed by atoms with van der Waals surface area (Å²) in [6.07, 6.45) is -1.47. The highest BCUT2D eigenvalue weighted by Crippen LogP contribution is 2.34. The van der Waals surface area contributed by atoms with Crippen molar-refractivity contribution in [1.29, 1.82) is 0 Å². The first-order valence-corrected chi connectivity index (χ1v) is 8.71. The lowest BCUT2D eigenvalue weighted by molar-refractivity contribution is -0.137. The lowest BCUT2D eigenvalue weighted by atomic mass is 10.1. The number of hydrogen-bond donors (Lipinski definition) is 1. The maximum absolute atomic E-state index is 13.4. The molecular formula is C18H13F4N3OS. The van der Waals surface area contributed by atoms with Crippen LogP contribution in [0.1, 0.15) is 5.56 Å². The summed E-state index contributed by atoms with van der Waals surface area (Å²) in [4.78, 5) is 16.2. The van der Waals surface area contributed by atoms with E-state index in [0.29, 0.717) is 10.8 Å². The van der Waals surface area contributed by atoms with Crippen molar-refractivity contribution in [3.05, 3.63) is 72.3 Å². The number of carbonyl (C=O) groups is 1. The number of alkyl halides is 3. The third-order valence-electron chi connectivity index (χ3n) is 3.53. The molecule has 0 saturated carbocycles. The molecule has 2 aromatic carbocycles. The number of halogens is 4. The van der Waals surface area contributed by atoms with Gasteiger partial charge in [-0.1, -0.05) is 30.0 Å². The fourth-order valence-corrected chi connectivity index (χ4v) is 3.15. The van der Waals surface area contributed by atoms with E-state index in [9.17, 15) is 22.4 Å². The molecule has 0 fully saturated rings. The van der Waals surface area contributed by atoms with E-state index in [2.05, 4.69) is 10.3 Å². The molecule has 0 aliphatic rings. The molecule has 3 rings (SSSR count). The van der Waals surface area contributed by atoms with Gasteiger partial charge < -0.3 is 5.32 Å². The average molecular weight is 395 g/mol. The minimum absolute atomic E-state index is 0.154. The zero-order chi connectivity index (χ0) is 19.4. The third kappa shape index (κ3) is 4.68. The lowest BCUT2D eigenvalue weighted by Gasteiger charge is -2.13. The Labute approximate surface area is 156 Å². The molecule has 0 aliphatic carbocycles. The highest BCUT2D eigenvalue weighted by molar-refractivity contribution is 7.99. The molecule has 140 valence electrons. The molecule has 0 aliphatic heterocycles. The van der Waals surface area contributed by atoms with Crippen molar-refractivity contribution in [3.63, 3.8) is 0 Å². The second-order valence-corrected chi connectivity index (χ2v) is 6.38. The third-order valence-corrected chi connectivity index (χ3v) is 4.50. The zero-order valence-corrected chi connectivity index (χ0v) is 14.5. The summed E-state index contributed by atoms with van der Waals surface area (Å²) in [5, 5.41) is 2.69. The first kappa shape index (κ1) is 19.0. The van der Waals surface area contributed by atoms with E-state index in [4.69, 9.17) is 0 Å². The van der Waals surface area contributed by atoms with Crippen LogP contribution in [0.25, 0.3) is 5.69 Å². The monoisotopic (exact) mass is 395 g/mol. The van der Waals surface area contributed by atoms with Crippen molar-refractivity contribution in [2.45, 2.75) is 11.3 Å². The number of amides is 1. The van der Waals surface area contributed by atoms with Crippen LogP contribution in [0, 0.1) is 5.82 Å². The Morgan fingerprint density at radius 3 is 2.67 bits per heavy atom. The molecule has 1 heterocycles. The smallest absolute Gasteiger partial charge is 0.325 e. The van der Waals surface area contributed by atoms with Crippen LogP contribution in [0.4, 0.5) is 23.2 Å². The number of imidazole rings is 1. The van der Waals surface area contributed by atoms with Crippen LogP contribution in [-0.4, -0.2) is 21.2 Å². The number of anilines is 1. The van der Waals surface area contributed by atoms with E-state index in [-0.39, 0.29) is 11.4 Å². The molecule has 0 unspecified atom stereocenters. The highest BCUT2D eigenvalue weighted by Gasteiger charge is 2.33. The Kier molecular flexibility index (Phi) is 5.50. The van der Waals surface area contributed by atoms with E-state index < -0.39 is 23.5 Å². The van der Waals surface area contributed by atoms with Gasteiger partial charge in [-0.15, -0.1) is 0 Å². The summed E-state index contributed by atoms with van der Waals surface area (Å²) in [6.45, 7) is 0. The first-order valence-electron chi connectivity index (χ1n) is 7.73. The maximum atomic E-state index is 13.4. The number of thioether (sulfide) groups is 1. The molecule has 0 radical (unpaired) electrons. The minimum atomic E-state index is -4.56. The Hall–Kier alpha value is -2.81. The summed E-state index contributed by atoms with van der Waals surface area (Å²) < 4.78 is 53.9. The van der Waals surface area contributed by atoms with E-state index in [0.717, 1.165) is 17.8 Å². The fourth-order valence-electron chi connectivity index (χ4n) is 2.37. The van der Waals surface area contributed by atoms with Gasteiger partial charge in [-0.3, -0.25) is 9.36 Å². The zero-order valence-electron chi connectivity index (χ0n) is 13.7. The van der Waals surface area contributed by atoms with Gasteiger partial charge in [0.25, 0.3) is 0 Å². The van der Waals surface area contributed by atoms with Crippen LogP contribution >= 0.6 is 11.8 Å². The second kappa shape index (κ2) is 7.83. The van der Waals surface area contributed by atoms with Crippen LogP contribution in [0.2, 0.25) is 0 Å². The molecule has 9 heteroatoms. The molecule has 0 saturated heterocycles. The van der Waals surface area contributed by atoms with Crippen molar-refractivity contribution in [2.24, 2.45) is 0 Å². The molecule has 1 N–H and O–H groups in total. The molecule has 1 amide bonds. The summed E-state index contributed by atoms with van der Waals surface area (Å²) in [7, 11) is 0. The maximum Gasteiger partial charge on any atom is 0.418 e. The lowest BCUT2D eigenvalue weighted by Crippen LogP contribution is -2.18. The van der Waals surface area contributed by atoms with Crippen molar-refractivity contribution in [1.82, 2.24) is 9.55 Å². The largest absolute Gasteiger partial charge is 0.418 e. The fraction of sp³-hybridized carbons (Fsp3) is 0.111. The van der Waals surface area contributed by atoms with Gasteiger partial charge in [-0.05, 0) is 30.3 Å². The molecular weight excluding hydrogens is 382 g/mol. The number of nitrogens with zero attached hydrogens (tertiary/aromatic N) is 2. The quantitative estimate of drug-likeness (QED) is 0.501. The summed E-state index contributed by atoms with van der Waals surface area (Å²) >= 11 is 1.03. The average Bonchev–Trinajstić information content (AvgIpc) is 3.08. The number of aromatic nitrogens is 2. The number of hydrogen-bond acceptors (Lipinski definition) is 3. The molecule has 4 nitrogen and oxygen atoms in total. The number of para-hydroxylation sites is 1. The van der Waals surface area contributed by atoms with Crippen molar-refractivity contribution < 1.29 is 22.4 Å². The Morgan fingerprint density at radius 2 is 1.93 bits per heavy atom. The number of rotatable bonds is 5. The van der Waals surface area contributed by atoms with Gasteiger partial charge >= 0.3 is 6.18 Å². The van der Waals surface area contributed by atoms with Gasteiger partial charge in [0, 0.05) is 12.4 Å². The van der Waals surface area contributed by atoms with Gasteiger partial charge in [-0.25, -0.2) is 9.37 Å². The van der Waals surface area contributed by atoms with E-state index in [1.807, 2.05) is 0 Å². The van der Waals surface area contributed by atoms with Crippen LogP contribution < -0.4 is 5.32 Å². The Bertz CT molecular complexity index is 956. The van der Waals surface area contributed by atoms with Gasteiger partial charge in [0.1, 0.15) is 5.82 Å². The molecule has 27 heavy (non-hydrogen) atoms. The predicted octanol–water partition coefficient (Wildman–Crippen LogP) is 4.76. The molecule has 3 aromatic rings. The Morgan fingerprint density at radius 1 is 1.15 bits per heavy atom. The summed E-state index contributed by atoms with van der Waals surface area (Å²) in [5.41, 5.74) is -0.688. The SMILES string of the molecule is O=C(CSc1nccn1-c1cccc(F)c1)Nc1ccccc1C(F)(F)F. The van der Waals surface area contributed by atoms with Crippen LogP contribution in [-0.2, 0) is 11.0 Å². The summed E-state index contributed by atoms with van der Waals surface area (Å²) in [5.74, 6) is -1.18. The number of benzene rings is 2.